The fourth-order valence-corrected chi connectivity index (χ4v) is 1.81. The molecule has 0 heterocycles. The second kappa shape index (κ2) is 5.51. The summed E-state index contributed by atoms with van der Waals surface area (Å²) in [5.41, 5.74) is 1.15. The van der Waals surface area contributed by atoms with Crippen molar-refractivity contribution in [2.24, 2.45) is 0 Å². The molecule has 0 unspecified atom stereocenters. The van der Waals surface area contributed by atoms with Crippen molar-refractivity contribution in [2.75, 3.05) is 0 Å². The first-order valence-corrected chi connectivity index (χ1v) is 5.84. The van der Waals surface area contributed by atoms with Crippen molar-refractivity contribution >= 4 is 37.8 Å². The minimum Gasteiger partial charge on any atom is -0.481 e. The van der Waals surface area contributed by atoms with Gasteiger partial charge in [0.2, 0.25) is 0 Å². The monoisotopic (exact) mass is 320 g/mol. The van der Waals surface area contributed by atoms with E-state index in [-0.39, 0.29) is 6.42 Å². The van der Waals surface area contributed by atoms with E-state index < -0.39 is 5.97 Å². The summed E-state index contributed by atoms with van der Waals surface area (Å²) in [4.78, 5) is 10.3. The Balaban J connectivity index is 2.51. The third-order valence-corrected chi connectivity index (χ3v) is 3.72. The van der Waals surface area contributed by atoms with Crippen LogP contribution in [0.15, 0.2) is 27.1 Å². The largest absolute Gasteiger partial charge is 0.481 e. The molecule has 0 aliphatic carbocycles. The van der Waals surface area contributed by atoms with Crippen LogP contribution < -0.4 is 0 Å². The summed E-state index contributed by atoms with van der Waals surface area (Å²) in [7, 11) is 0. The van der Waals surface area contributed by atoms with Gasteiger partial charge in [-0.15, -0.1) is 0 Å². The topological polar surface area (TPSA) is 37.3 Å². The van der Waals surface area contributed by atoms with Crippen LogP contribution in [0.4, 0.5) is 0 Å². The first-order valence-electron chi connectivity index (χ1n) is 4.25. The van der Waals surface area contributed by atoms with Gasteiger partial charge in [0.25, 0.3) is 0 Å². The van der Waals surface area contributed by atoms with Gasteiger partial charge in [-0.05, 0) is 62.4 Å². The lowest BCUT2D eigenvalue weighted by atomic mass is 10.1. The SMILES string of the molecule is O=C(O)CCCc1ccc(Br)c(Br)c1. The summed E-state index contributed by atoms with van der Waals surface area (Å²) in [6.45, 7) is 0. The fourth-order valence-electron chi connectivity index (χ4n) is 1.14. The molecule has 0 spiro atoms. The molecule has 0 aliphatic rings. The molecule has 1 aromatic rings. The van der Waals surface area contributed by atoms with Crippen LogP contribution >= 0.6 is 31.9 Å². The van der Waals surface area contributed by atoms with E-state index in [9.17, 15) is 4.79 Å². The van der Waals surface area contributed by atoms with Gasteiger partial charge in [-0.1, -0.05) is 6.07 Å². The van der Waals surface area contributed by atoms with Crippen molar-refractivity contribution in [3.63, 3.8) is 0 Å². The molecule has 1 N–H and O–H groups in total. The maximum absolute atomic E-state index is 10.3. The summed E-state index contributed by atoms with van der Waals surface area (Å²) in [6, 6.07) is 5.96. The van der Waals surface area contributed by atoms with E-state index in [2.05, 4.69) is 31.9 Å². The summed E-state index contributed by atoms with van der Waals surface area (Å²) < 4.78 is 2.02. The van der Waals surface area contributed by atoms with Gasteiger partial charge in [0.05, 0.1) is 0 Å². The molecule has 0 aromatic heterocycles. The number of aliphatic carboxylic acids is 1. The lowest BCUT2D eigenvalue weighted by molar-refractivity contribution is -0.137. The van der Waals surface area contributed by atoms with Crippen LogP contribution in [-0.2, 0) is 11.2 Å². The molecule has 1 rings (SSSR count). The third-order valence-electron chi connectivity index (χ3n) is 1.84. The molecule has 0 saturated heterocycles. The number of carbonyl (C=O) groups is 1. The Morgan fingerprint density at radius 2 is 2.00 bits per heavy atom. The first kappa shape index (κ1) is 11.7. The Morgan fingerprint density at radius 1 is 1.29 bits per heavy atom. The molecule has 76 valence electrons. The molecule has 0 radical (unpaired) electrons. The second-order valence-electron chi connectivity index (χ2n) is 3.00. The van der Waals surface area contributed by atoms with Gasteiger partial charge in [0, 0.05) is 15.4 Å². The van der Waals surface area contributed by atoms with E-state index >= 15 is 0 Å². The molecule has 14 heavy (non-hydrogen) atoms. The number of halogens is 2. The standard InChI is InChI=1S/C10H10Br2O2/c11-8-5-4-7(6-9(8)12)2-1-3-10(13)14/h4-6H,1-3H2,(H,13,14). The zero-order valence-electron chi connectivity index (χ0n) is 7.46. The molecule has 0 fully saturated rings. The molecule has 2 nitrogen and oxygen atoms in total. The highest BCUT2D eigenvalue weighted by atomic mass is 79.9. The fraction of sp³-hybridized carbons (Fsp3) is 0.300. The van der Waals surface area contributed by atoms with Gasteiger partial charge < -0.3 is 5.11 Å². The van der Waals surface area contributed by atoms with Crippen molar-refractivity contribution < 1.29 is 9.90 Å². The van der Waals surface area contributed by atoms with E-state index in [1.807, 2.05) is 18.2 Å². The second-order valence-corrected chi connectivity index (χ2v) is 4.70. The Bertz CT molecular complexity index is 337. The smallest absolute Gasteiger partial charge is 0.303 e. The highest BCUT2D eigenvalue weighted by molar-refractivity contribution is 9.13. The number of aryl methyl sites for hydroxylation is 1. The normalized spacial score (nSPS) is 10.1. The summed E-state index contributed by atoms with van der Waals surface area (Å²) in [6.07, 6.45) is 1.72. The van der Waals surface area contributed by atoms with E-state index in [4.69, 9.17) is 5.11 Å². The van der Waals surface area contributed by atoms with Crippen LogP contribution in [0.25, 0.3) is 0 Å². The summed E-state index contributed by atoms with van der Waals surface area (Å²) in [5, 5.41) is 8.47. The Morgan fingerprint density at radius 3 is 2.57 bits per heavy atom. The number of carboxylic acids is 1. The molecule has 1 aromatic carbocycles. The minimum atomic E-state index is -0.735. The van der Waals surface area contributed by atoms with E-state index in [1.54, 1.807) is 0 Å². The highest BCUT2D eigenvalue weighted by Crippen LogP contribution is 2.24. The summed E-state index contributed by atoms with van der Waals surface area (Å²) in [5.74, 6) is -0.735. The molecule has 0 bridgehead atoms. The number of hydrogen-bond acceptors (Lipinski definition) is 1. The van der Waals surface area contributed by atoms with Crippen molar-refractivity contribution in [1.29, 1.82) is 0 Å². The first-order chi connectivity index (χ1) is 6.59. The highest BCUT2D eigenvalue weighted by Gasteiger charge is 2.00. The molecular formula is C10H10Br2O2. The zero-order valence-corrected chi connectivity index (χ0v) is 10.6. The van der Waals surface area contributed by atoms with Gasteiger partial charge in [-0.2, -0.15) is 0 Å². The maximum Gasteiger partial charge on any atom is 0.303 e. The van der Waals surface area contributed by atoms with Crippen molar-refractivity contribution in [3.05, 3.63) is 32.7 Å². The Labute approximate surface area is 99.6 Å². The molecule has 0 atom stereocenters. The Hall–Kier alpha value is -0.350. The maximum atomic E-state index is 10.3. The summed E-state index contributed by atoms with van der Waals surface area (Å²) >= 11 is 6.78. The van der Waals surface area contributed by atoms with Crippen LogP contribution in [0.2, 0.25) is 0 Å². The average Bonchev–Trinajstić information content (AvgIpc) is 2.10. The number of carboxylic acid groups (broad SMARTS) is 1. The van der Waals surface area contributed by atoms with Crippen LogP contribution in [0.5, 0.6) is 0 Å². The molecule has 0 saturated carbocycles. The van der Waals surface area contributed by atoms with Gasteiger partial charge in [-0.25, -0.2) is 0 Å². The lowest BCUT2D eigenvalue weighted by Crippen LogP contribution is -1.95. The third kappa shape index (κ3) is 3.80. The average molecular weight is 322 g/mol. The van der Waals surface area contributed by atoms with Crippen LogP contribution in [-0.4, -0.2) is 11.1 Å². The molecule has 0 aliphatic heterocycles. The van der Waals surface area contributed by atoms with Gasteiger partial charge >= 0.3 is 5.97 Å². The predicted molar refractivity (Wildman–Crippen MR) is 62.4 cm³/mol. The molecular weight excluding hydrogens is 312 g/mol. The van der Waals surface area contributed by atoms with Gasteiger partial charge in [-0.3, -0.25) is 4.79 Å². The quantitative estimate of drug-likeness (QED) is 0.919. The zero-order chi connectivity index (χ0) is 10.6. The number of rotatable bonds is 4. The van der Waals surface area contributed by atoms with E-state index in [0.717, 1.165) is 20.9 Å². The Kier molecular flexibility index (Phi) is 4.62. The van der Waals surface area contributed by atoms with E-state index in [1.165, 1.54) is 0 Å². The van der Waals surface area contributed by atoms with Crippen molar-refractivity contribution in [1.82, 2.24) is 0 Å². The predicted octanol–water partition coefficient (Wildman–Crippen LogP) is 3.62. The van der Waals surface area contributed by atoms with Gasteiger partial charge in [0.15, 0.2) is 0 Å². The van der Waals surface area contributed by atoms with Crippen molar-refractivity contribution in [2.45, 2.75) is 19.3 Å². The van der Waals surface area contributed by atoms with Crippen LogP contribution in [0, 0.1) is 0 Å². The van der Waals surface area contributed by atoms with Gasteiger partial charge in [0.1, 0.15) is 0 Å². The molecule has 4 heteroatoms. The van der Waals surface area contributed by atoms with Crippen LogP contribution in [0.3, 0.4) is 0 Å². The molecule has 0 amide bonds. The number of hydrogen-bond donors (Lipinski definition) is 1. The van der Waals surface area contributed by atoms with Crippen LogP contribution in [0.1, 0.15) is 18.4 Å². The minimum absolute atomic E-state index is 0.230. The van der Waals surface area contributed by atoms with Crippen molar-refractivity contribution in [3.8, 4) is 0 Å². The number of benzene rings is 1. The lowest BCUT2D eigenvalue weighted by Gasteiger charge is -2.02. The van der Waals surface area contributed by atoms with E-state index in [0.29, 0.717) is 6.42 Å².